The summed E-state index contributed by atoms with van der Waals surface area (Å²) >= 11 is 0. The average Bonchev–Trinajstić information content (AvgIpc) is 3.04. The van der Waals surface area contributed by atoms with Crippen molar-refractivity contribution < 1.29 is 23.9 Å². The lowest BCUT2D eigenvalue weighted by Gasteiger charge is -2.23. The van der Waals surface area contributed by atoms with Gasteiger partial charge in [0.05, 0.1) is 31.5 Å². The number of carbonyl (C=O) groups is 3. The highest BCUT2D eigenvalue weighted by Crippen LogP contribution is 2.22. The Morgan fingerprint density at radius 1 is 0.489 bits per heavy atom. The highest BCUT2D eigenvalue weighted by atomic mass is 16.5. The molecule has 2 atom stereocenters. The first kappa shape index (κ1) is 43.4. The van der Waals surface area contributed by atoms with Gasteiger partial charge in [0.2, 0.25) is 5.91 Å². The number of esters is 2. The average molecular weight is 639 g/mol. The third-order valence-electron chi connectivity index (χ3n) is 9.03. The molecular weight excluding hydrogens is 564 g/mol. The van der Waals surface area contributed by atoms with E-state index in [-0.39, 0.29) is 62.5 Å². The molecule has 0 aromatic heterocycles. The van der Waals surface area contributed by atoms with Gasteiger partial charge in [-0.3, -0.25) is 14.4 Å². The molecule has 266 valence electrons. The highest BCUT2D eigenvalue weighted by molar-refractivity contribution is 5.78. The second-order valence-corrected chi connectivity index (χ2v) is 13.1. The van der Waals surface area contributed by atoms with Crippen LogP contribution in [0.2, 0.25) is 0 Å². The number of carbonyl (C=O) groups excluding carboxylic acids is 3. The molecule has 0 aromatic rings. The number of hydrogen-bond acceptors (Lipinski definition) is 6. The van der Waals surface area contributed by atoms with E-state index in [1.165, 1.54) is 77.0 Å². The quantitative estimate of drug-likeness (QED) is 0.0568. The summed E-state index contributed by atoms with van der Waals surface area (Å²) in [5, 5.41) is 0. The molecule has 0 rings (SSSR count). The number of nitrogens with zero attached hydrogens (tertiary/aromatic N) is 1. The summed E-state index contributed by atoms with van der Waals surface area (Å²) in [4.78, 5) is 40.2. The molecular formula is C38H74N2O5. The topological polar surface area (TPSA) is 98.9 Å². The van der Waals surface area contributed by atoms with E-state index < -0.39 is 0 Å². The molecule has 0 fully saturated rings. The fourth-order valence-corrected chi connectivity index (χ4v) is 5.98. The Hall–Kier alpha value is -1.63. The lowest BCUT2D eigenvalue weighted by Crippen LogP contribution is -2.41. The van der Waals surface area contributed by atoms with Crippen LogP contribution in [0.1, 0.15) is 182 Å². The summed E-state index contributed by atoms with van der Waals surface area (Å²) in [7, 11) is 0. The second kappa shape index (κ2) is 32.3. The van der Waals surface area contributed by atoms with E-state index in [2.05, 4.69) is 27.7 Å². The zero-order chi connectivity index (χ0) is 33.4. The van der Waals surface area contributed by atoms with Crippen molar-refractivity contribution in [3.05, 3.63) is 0 Å². The minimum atomic E-state index is -0.228. The summed E-state index contributed by atoms with van der Waals surface area (Å²) in [5.41, 5.74) is 5.68. The molecule has 0 aliphatic carbocycles. The summed E-state index contributed by atoms with van der Waals surface area (Å²) in [5.74, 6) is -0.671. The smallest absolute Gasteiger partial charge is 0.308 e. The van der Waals surface area contributed by atoms with Gasteiger partial charge in [0, 0.05) is 0 Å². The Kier molecular flexibility index (Phi) is 31.1. The second-order valence-electron chi connectivity index (χ2n) is 13.1. The van der Waals surface area contributed by atoms with Gasteiger partial charge in [-0.1, -0.05) is 156 Å². The third-order valence-corrected chi connectivity index (χ3v) is 9.03. The van der Waals surface area contributed by atoms with Gasteiger partial charge in [0.25, 0.3) is 0 Å². The van der Waals surface area contributed by atoms with Crippen molar-refractivity contribution in [2.45, 2.75) is 182 Å². The van der Waals surface area contributed by atoms with Crippen molar-refractivity contribution in [3.63, 3.8) is 0 Å². The van der Waals surface area contributed by atoms with Crippen LogP contribution >= 0.6 is 0 Å². The Balaban J connectivity index is 4.83. The van der Waals surface area contributed by atoms with Gasteiger partial charge in [0.1, 0.15) is 13.2 Å². The van der Waals surface area contributed by atoms with Crippen molar-refractivity contribution in [1.29, 1.82) is 0 Å². The SMILES string of the molecule is CCCCCCCCC(CCCCCC)C(=O)OCCN(CCOC(=O)C(CCCCCC)CCCCCCCC)C(=O)CN. The molecule has 1 amide bonds. The number of ether oxygens (including phenoxy) is 2. The summed E-state index contributed by atoms with van der Waals surface area (Å²) in [6.45, 7) is 9.51. The summed E-state index contributed by atoms with van der Waals surface area (Å²) in [6, 6.07) is 0. The molecule has 0 saturated heterocycles. The van der Waals surface area contributed by atoms with Crippen molar-refractivity contribution in [3.8, 4) is 0 Å². The van der Waals surface area contributed by atoms with Crippen LogP contribution < -0.4 is 5.73 Å². The Bertz CT molecular complexity index is 652. The maximum Gasteiger partial charge on any atom is 0.308 e. The fourth-order valence-electron chi connectivity index (χ4n) is 5.98. The molecule has 7 heteroatoms. The van der Waals surface area contributed by atoms with Crippen LogP contribution in [0.4, 0.5) is 0 Å². The Morgan fingerprint density at radius 3 is 1.09 bits per heavy atom. The lowest BCUT2D eigenvalue weighted by atomic mass is 9.94. The maximum atomic E-state index is 13.0. The molecule has 0 aliphatic heterocycles. The van der Waals surface area contributed by atoms with E-state index in [1.54, 1.807) is 4.90 Å². The molecule has 0 spiro atoms. The van der Waals surface area contributed by atoms with Gasteiger partial charge < -0.3 is 20.1 Å². The zero-order valence-electron chi connectivity index (χ0n) is 30.2. The first-order chi connectivity index (χ1) is 21.9. The van der Waals surface area contributed by atoms with E-state index in [0.29, 0.717) is 0 Å². The van der Waals surface area contributed by atoms with Crippen LogP contribution in [0.15, 0.2) is 0 Å². The molecule has 0 saturated carbocycles. The van der Waals surface area contributed by atoms with Crippen LogP contribution in [0.5, 0.6) is 0 Å². The van der Waals surface area contributed by atoms with Gasteiger partial charge >= 0.3 is 11.9 Å². The van der Waals surface area contributed by atoms with Crippen LogP contribution in [0, 0.1) is 11.8 Å². The van der Waals surface area contributed by atoms with Crippen molar-refractivity contribution >= 4 is 17.8 Å². The molecule has 2 N–H and O–H groups in total. The minimum absolute atomic E-state index is 0.0754. The van der Waals surface area contributed by atoms with E-state index in [1.807, 2.05) is 0 Å². The molecule has 45 heavy (non-hydrogen) atoms. The van der Waals surface area contributed by atoms with Crippen molar-refractivity contribution in [2.24, 2.45) is 17.6 Å². The van der Waals surface area contributed by atoms with E-state index in [0.717, 1.165) is 77.0 Å². The molecule has 0 bridgehead atoms. The number of amides is 1. The first-order valence-corrected chi connectivity index (χ1v) is 19.3. The number of rotatable bonds is 33. The van der Waals surface area contributed by atoms with E-state index in [9.17, 15) is 14.4 Å². The Morgan fingerprint density at radius 2 is 0.778 bits per heavy atom. The summed E-state index contributed by atoms with van der Waals surface area (Å²) in [6.07, 6.45) is 27.0. The molecule has 7 nitrogen and oxygen atoms in total. The van der Waals surface area contributed by atoms with Gasteiger partial charge in [0.15, 0.2) is 0 Å². The lowest BCUT2D eigenvalue weighted by molar-refractivity contribution is -0.152. The molecule has 0 radical (unpaired) electrons. The van der Waals surface area contributed by atoms with Gasteiger partial charge in [-0.2, -0.15) is 0 Å². The highest BCUT2D eigenvalue weighted by Gasteiger charge is 2.22. The first-order valence-electron chi connectivity index (χ1n) is 19.3. The van der Waals surface area contributed by atoms with E-state index >= 15 is 0 Å². The predicted molar refractivity (Wildman–Crippen MR) is 188 cm³/mol. The number of nitrogens with two attached hydrogens (primary N) is 1. The summed E-state index contributed by atoms with van der Waals surface area (Å²) < 4.78 is 11.4. The Labute approximate surface area is 278 Å². The van der Waals surface area contributed by atoms with Gasteiger partial charge in [-0.05, 0) is 25.7 Å². The monoisotopic (exact) mass is 639 g/mol. The van der Waals surface area contributed by atoms with Crippen LogP contribution in [0.3, 0.4) is 0 Å². The van der Waals surface area contributed by atoms with Crippen LogP contribution in [-0.4, -0.2) is 55.6 Å². The number of hydrogen-bond donors (Lipinski definition) is 1. The van der Waals surface area contributed by atoms with Crippen LogP contribution in [0.25, 0.3) is 0 Å². The maximum absolute atomic E-state index is 13.0. The zero-order valence-corrected chi connectivity index (χ0v) is 30.2. The molecule has 0 aliphatic rings. The fraction of sp³-hybridized carbons (Fsp3) is 0.921. The normalized spacial score (nSPS) is 12.6. The molecule has 0 aromatic carbocycles. The van der Waals surface area contributed by atoms with Gasteiger partial charge in [-0.15, -0.1) is 0 Å². The third kappa shape index (κ3) is 25.2. The van der Waals surface area contributed by atoms with Crippen LogP contribution in [-0.2, 0) is 23.9 Å². The predicted octanol–water partition coefficient (Wildman–Crippen LogP) is 9.53. The largest absolute Gasteiger partial charge is 0.464 e. The van der Waals surface area contributed by atoms with Crippen molar-refractivity contribution in [1.82, 2.24) is 4.90 Å². The van der Waals surface area contributed by atoms with Crippen molar-refractivity contribution in [2.75, 3.05) is 32.8 Å². The molecule has 0 heterocycles. The molecule has 2 unspecified atom stereocenters. The van der Waals surface area contributed by atoms with Gasteiger partial charge in [-0.25, -0.2) is 0 Å². The minimum Gasteiger partial charge on any atom is -0.464 e. The number of unbranched alkanes of at least 4 members (excludes halogenated alkanes) is 16. The standard InChI is InChI=1S/C38H74N2O5/c1-5-9-13-17-19-23-27-34(25-21-15-11-7-3)37(42)44-31-29-40(36(41)33-39)30-32-45-38(43)35(26-22-16-12-8-4)28-24-20-18-14-10-6-2/h34-35H,5-33,39H2,1-4H3. The van der Waals surface area contributed by atoms with E-state index in [4.69, 9.17) is 15.2 Å².